The molecule has 0 amide bonds. The third-order valence-electron chi connectivity index (χ3n) is 20.1. The second kappa shape index (κ2) is 26.8. The molecular weight excluding hydrogens is 1280 g/mol. The fraction of sp³-hybridized carbons (Fsp3) is 0. The van der Waals surface area contributed by atoms with E-state index < -0.39 is 0 Å². The van der Waals surface area contributed by atoms with Crippen LogP contribution in [0.25, 0.3) is 166 Å². The molecule has 6 heterocycles. The number of hydrogen-bond donors (Lipinski definition) is 0. The summed E-state index contributed by atoms with van der Waals surface area (Å²) in [5.41, 5.74) is 26.5. The van der Waals surface area contributed by atoms with Gasteiger partial charge in [0.2, 0.25) is 0 Å². The number of fused-ring (bicyclic) bond motifs is 6. The van der Waals surface area contributed by atoms with Crippen molar-refractivity contribution in [2.45, 2.75) is 0 Å². The van der Waals surface area contributed by atoms with E-state index in [1.807, 2.05) is 72.9 Å². The third-order valence-corrected chi connectivity index (χ3v) is 20.1. The number of hydrogen-bond acceptors (Lipinski definition) is 6. The summed E-state index contributed by atoms with van der Waals surface area (Å²) in [6, 6.07) is 130. The van der Waals surface area contributed by atoms with Crippen molar-refractivity contribution in [1.82, 2.24) is 15.0 Å². The minimum Gasteiger partial charge on any atom is -0.456 e. The lowest BCUT2D eigenvalue weighted by Crippen LogP contribution is -1.98. The van der Waals surface area contributed by atoms with Gasteiger partial charge in [0.25, 0.3) is 0 Å². The van der Waals surface area contributed by atoms with Gasteiger partial charge in [0.05, 0.1) is 28.5 Å². The summed E-state index contributed by atoms with van der Waals surface area (Å²) < 4.78 is 18.9. The molecule has 0 spiro atoms. The zero-order valence-corrected chi connectivity index (χ0v) is 56.9. The Morgan fingerprint density at radius 3 is 0.962 bits per heavy atom. The Morgan fingerprint density at radius 1 is 0.171 bits per heavy atom. The number of para-hydroxylation sites is 3. The molecule has 21 rings (SSSR count). The molecule has 6 nitrogen and oxygen atoms in total. The van der Waals surface area contributed by atoms with Gasteiger partial charge in [-0.3, -0.25) is 4.98 Å². The quantitative estimate of drug-likeness (QED) is 0.143. The number of benzene rings is 15. The highest BCUT2D eigenvalue weighted by Gasteiger charge is 2.27. The van der Waals surface area contributed by atoms with Crippen LogP contribution in [0.3, 0.4) is 0 Å². The first-order valence-electron chi connectivity index (χ1n) is 35.4. The van der Waals surface area contributed by atoms with E-state index in [9.17, 15) is 0 Å². The van der Waals surface area contributed by atoms with Gasteiger partial charge < -0.3 is 14.2 Å². The molecule has 0 N–H and O–H groups in total. The molecule has 0 bridgehead atoms. The lowest BCUT2D eigenvalue weighted by molar-refractivity contribution is 0.487. The van der Waals surface area contributed by atoms with Crippen LogP contribution in [-0.4, -0.2) is 15.0 Å². The first-order valence-corrected chi connectivity index (χ1v) is 35.4. The highest BCUT2D eigenvalue weighted by atomic mass is 16.5. The number of pyridine rings is 3. The zero-order chi connectivity index (χ0) is 69.6. The molecule has 3 aliphatic rings. The Morgan fingerprint density at radius 2 is 0.514 bits per heavy atom. The van der Waals surface area contributed by atoms with Gasteiger partial charge in [-0.2, -0.15) is 0 Å². The van der Waals surface area contributed by atoms with Crippen LogP contribution in [-0.2, 0) is 0 Å². The monoisotopic (exact) mass is 1340 g/mol. The molecule has 0 saturated heterocycles. The Balaban J connectivity index is 0.000000108. The Labute approximate surface area is 608 Å². The Bertz CT molecular complexity index is 6030. The highest BCUT2D eigenvalue weighted by molar-refractivity contribution is 6.14. The fourth-order valence-electron chi connectivity index (χ4n) is 15.2. The number of nitrogens with zero attached hydrogens (tertiary/aromatic N) is 3. The summed E-state index contributed by atoms with van der Waals surface area (Å²) in [7, 11) is 0. The summed E-state index contributed by atoms with van der Waals surface area (Å²) >= 11 is 0. The molecule has 0 atom stereocenters. The second-order valence-corrected chi connectivity index (χ2v) is 26.3. The van der Waals surface area contributed by atoms with E-state index in [1.165, 1.54) is 44.0 Å². The smallest absolute Gasteiger partial charge is 0.135 e. The molecule has 3 aromatic heterocycles. The van der Waals surface area contributed by atoms with Crippen LogP contribution in [0.5, 0.6) is 34.5 Å². The summed E-state index contributed by atoms with van der Waals surface area (Å²) in [6.45, 7) is 0. The van der Waals surface area contributed by atoms with Gasteiger partial charge in [-0.15, -0.1) is 0 Å². The van der Waals surface area contributed by atoms with Crippen LogP contribution < -0.4 is 14.2 Å². The van der Waals surface area contributed by atoms with Crippen LogP contribution in [0.4, 0.5) is 0 Å². The van der Waals surface area contributed by atoms with Gasteiger partial charge >= 0.3 is 0 Å². The maximum absolute atomic E-state index is 6.32. The van der Waals surface area contributed by atoms with Crippen molar-refractivity contribution < 1.29 is 14.2 Å². The number of ether oxygens (including phenoxy) is 3. The normalized spacial score (nSPS) is 11.7. The van der Waals surface area contributed by atoms with Gasteiger partial charge in [0.1, 0.15) is 34.5 Å². The Hall–Kier alpha value is -14.1. The molecule has 0 unspecified atom stereocenters. The maximum atomic E-state index is 6.32. The standard InChI is InChI=1S/3C33H21NO/c1-3-10-22(11-4-1)29-20-18-28(33(34-29)23-12-5-2-6-13-23)24-19-21-31-32-26(24)15-9-16-27(32)25-14-7-8-17-30(25)35-31;1-3-10-22(11-4-1)29-20-24(21-30(34-29)23-12-5-2-6-13-23)25-18-19-32-33-27(25)15-9-16-28(33)26-14-7-8-17-31(26)35-32;1-3-10-22(11-4-1)28-20-30(23-12-5-2-6-13-23)34-21-29(28)24-18-19-32-33-26(24)15-9-16-27(33)25-14-7-8-17-31(25)35-32/h3*1-21H. The van der Waals surface area contributed by atoms with Crippen LogP contribution in [0.2, 0.25) is 0 Å². The molecule has 15 aromatic carbocycles. The van der Waals surface area contributed by atoms with Gasteiger partial charge in [-0.05, 0) is 145 Å². The molecule has 0 saturated carbocycles. The van der Waals surface area contributed by atoms with E-state index >= 15 is 0 Å². The average Bonchev–Trinajstić information content (AvgIpc) is 0.744. The molecule has 18 aromatic rings. The van der Waals surface area contributed by atoms with Gasteiger partial charge in [0.15, 0.2) is 0 Å². The van der Waals surface area contributed by atoms with Crippen molar-refractivity contribution >= 4 is 32.3 Å². The molecular formula is C99H63N3O3. The summed E-state index contributed by atoms with van der Waals surface area (Å²) in [5, 5.41) is 6.97. The second-order valence-electron chi connectivity index (χ2n) is 26.3. The average molecular weight is 1340 g/mol. The largest absolute Gasteiger partial charge is 0.456 e. The van der Waals surface area contributed by atoms with E-state index in [0.29, 0.717) is 0 Å². The molecule has 105 heavy (non-hydrogen) atoms. The molecule has 492 valence electrons. The summed E-state index contributed by atoms with van der Waals surface area (Å²) in [5.74, 6) is 5.40. The van der Waals surface area contributed by atoms with E-state index in [-0.39, 0.29) is 0 Å². The first kappa shape index (κ1) is 62.0. The lowest BCUT2D eigenvalue weighted by Gasteiger charge is -2.23. The van der Waals surface area contributed by atoms with Gasteiger partial charge in [-0.1, -0.05) is 297 Å². The van der Waals surface area contributed by atoms with E-state index in [0.717, 1.165) is 157 Å². The molecule has 3 aliphatic heterocycles. The van der Waals surface area contributed by atoms with Crippen LogP contribution in [0.1, 0.15) is 0 Å². The predicted octanol–water partition coefficient (Wildman–Crippen LogP) is 27.0. The van der Waals surface area contributed by atoms with Crippen molar-refractivity contribution in [3.63, 3.8) is 0 Å². The van der Waals surface area contributed by atoms with Crippen LogP contribution in [0.15, 0.2) is 382 Å². The first-order chi connectivity index (χ1) is 52.1. The van der Waals surface area contributed by atoms with Crippen molar-refractivity contribution in [1.29, 1.82) is 0 Å². The summed E-state index contributed by atoms with van der Waals surface area (Å²) in [4.78, 5) is 15.1. The van der Waals surface area contributed by atoms with Crippen molar-refractivity contribution in [2.75, 3.05) is 0 Å². The molecule has 6 heteroatoms. The van der Waals surface area contributed by atoms with Crippen molar-refractivity contribution in [3.8, 4) is 169 Å². The third kappa shape index (κ3) is 11.5. The van der Waals surface area contributed by atoms with Crippen LogP contribution in [0, 0.1) is 0 Å². The van der Waals surface area contributed by atoms with E-state index in [4.69, 9.17) is 29.2 Å². The molecule has 0 aliphatic carbocycles. The minimum absolute atomic E-state index is 0.896. The van der Waals surface area contributed by atoms with Gasteiger partial charge in [-0.25, -0.2) is 9.97 Å². The highest BCUT2D eigenvalue weighted by Crippen LogP contribution is 2.53. The van der Waals surface area contributed by atoms with E-state index in [2.05, 4.69) is 309 Å². The van der Waals surface area contributed by atoms with Gasteiger partial charge in [0, 0.05) is 78.0 Å². The van der Waals surface area contributed by atoms with Crippen molar-refractivity contribution in [3.05, 3.63) is 382 Å². The maximum Gasteiger partial charge on any atom is 0.135 e. The fourth-order valence-corrected chi connectivity index (χ4v) is 15.2. The van der Waals surface area contributed by atoms with E-state index in [1.54, 1.807) is 0 Å². The zero-order valence-electron chi connectivity index (χ0n) is 56.9. The molecule has 0 fully saturated rings. The van der Waals surface area contributed by atoms with Crippen LogP contribution >= 0.6 is 0 Å². The predicted molar refractivity (Wildman–Crippen MR) is 431 cm³/mol. The minimum atomic E-state index is 0.896. The number of aromatic nitrogens is 3. The van der Waals surface area contributed by atoms with Crippen molar-refractivity contribution in [2.24, 2.45) is 0 Å². The molecule has 0 radical (unpaired) electrons. The number of rotatable bonds is 9. The lowest BCUT2D eigenvalue weighted by atomic mass is 9.88. The SMILES string of the molecule is c1ccc(-c2cc(-c3ccc4c5c(cccc35)-c3ccccc3O4)cc(-c3ccccc3)n2)cc1.c1ccc(-c2cc(-c3ccccc3)c(-c3ccc4c5c(cccc35)-c3ccccc3O4)cn2)cc1.c1ccc(-c2ccc(-c3ccc4c5c(cccc35)-c3ccccc3O4)c(-c3ccccc3)n2)cc1. The Kier molecular flexibility index (Phi) is 15.8. The topological polar surface area (TPSA) is 66.4 Å². The summed E-state index contributed by atoms with van der Waals surface area (Å²) in [6.07, 6.45) is 2.02.